The molecule has 4 rings (SSSR count). The Morgan fingerprint density at radius 3 is 2.50 bits per heavy atom. The number of nitrogens with zero attached hydrogens (tertiary/aromatic N) is 2. The number of carbonyl (C=O) groups excluding carboxylic acids is 3. The largest absolute Gasteiger partial charge is 0.490 e. The van der Waals surface area contributed by atoms with Crippen LogP contribution in [0.2, 0.25) is 0 Å². The van der Waals surface area contributed by atoms with E-state index in [9.17, 15) is 24.5 Å². The van der Waals surface area contributed by atoms with Crippen molar-refractivity contribution in [2.24, 2.45) is 0 Å². The highest BCUT2D eigenvalue weighted by Crippen LogP contribution is 2.44. The van der Waals surface area contributed by atoms with Gasteiger partial charge in [-0.15, -0.1) is 0 Å². The van der Waals surface area contributed by atoms with Crippen molar-refractivity contribution in [1.29, 1.82) is 0 Å². The molecule has 0 atom stereocenters. The van der Waals surface area contributed by atoms with Crippen molar-refractivity contribution >= 4 is 61.5 Å². The number of carbonyl (C=O) groups is 3. The molecule has 1 saturated heterocycles. The van der Waals surface area contributed by atoms with Gasteiger partial charge in [0.1, 0.15) is 18.1 Å². The SMILES string of the molecule is CCOc1cc(/C=C2\NC(=O)N(Cc3ccc(C(=O)OC)o3)C2=O)c(Br)c(Br)c1OCc1ccc([N+](=O)[O-])cc1. The van der Waals surface area contributed by atoms with Crippen LogP contribution < -0.4 is 14.8 Å². The summed E-state index contributed by atoms with van der Waals surface area (Å²) in [6, 6.07) is 9.84. The monoisotopic (exact) mass is 677 g/mol. The Morgan fingerprint density at radius 1 is 1.12 bits per heavy atom. The average Bonchev–Trinajstić information content (AvgIpc) is 3.51. The number of rotatable bonds is 10. The molecule has 1 aliphatic rings. The fourth-order valence-corrected chi connectivity index (χ4v) is 4.62. The summed E-state index contributed by atoms with van der Waals surface area (Å²) in [5.74, 6) is -0.358. The first-order valence-electron chi connectivity index (χ1n) is 11.6. The summed E-state index contributed by atoms with van der Waals surface area (Å²) in [4.78, 5) is 48.6. The average molecular weight is 679 g/mol. The number of non-ortho nitro benzene ring substituents is 1. The quantitative estimate of drug-likeness (QED) is 0.0954. The zero-order valence-electron chi connectivity index (χ0n) is 21.1. The molecule has 208 valence electrons. The summed E-state index contributed by atoms with van der Waals surface area (Å²) in [7, 11) is 1.21. The normalized spacial score (nSPS) is 13.9. The zero-order valence-corrected chi connectivity index (χ0v) is 24.2. The summed E-state index contributed by atoms with van der Waals surface area (Å²) in [6.45, 7) is 2.03. The van der Waals surface area contributed by atoms with Crippen LogP contribution in [0.5, 0.6) is 11.5 Å². The molecule has 14 heteroatoms. The maximum Gasteiger partial charge on any atom is 0.373 e. The van der Waals surface area contributed by atoms with E-state index in [1.165, 1.54) is 37.5 Å². The van der Waals surface area contributed by atoms with Crippen molar-refractivity contribution in [3.05, 3.63) is 89.9 Å². The highest BCUT2D eigenvalue weighted by Gasteiger charge is 2.35. The van der Waals surface area contributed by atoms with Gasteiger partial charge in [-0.05, 0) is 86.3 Å². The van der Waals surface area contributed by atoms with Crippen LogP contribution in [-0.4, -0.2) is 41.4 Å². The van der Waals surface area contributed by atoms with Gasteiger partial charge in [0.15, 0.2) is 11.5 Å². The van der Waals surface area contributed by atoms with E-state index in [1.807, 2.05) is 0 Å². The van der Waals surface area contributed by atoms with Crippen molar-refractivity contribution in [2.75, 3.05) is 13.7 Å². The topological polar surface area (TPSA) is 150 Å². The molecule has 1 N–H and O–H groups in total. The highest BCUT2D eigenvalue weighted by atomic mass is 79.9. The summed E-state index contributed by atoms with van der Waals surface area (Å²) in [5.41, 5.74) is 1.20. The van der Waals surface area contributed by atoms with E-state index in [0.717, 1.165) is 4.90 Å². The molecule has 3 amide bonds. The first kappa shape index (κ1) is 28.8. The van der Waals surface area contributed by atoms with E-state index in [2.05, 4.69) is 41.9 Å². The Bertz CT molecular complexity index is 1520. The number of benzene rings is 2. The molecule has 1 fully saturated rings. The van der Waals surface area contributed by atoms with E-state index in [0.29, 0.717) is 38.2 Å². The number of ether oxygens (including phenoxy) is 3. The van der Waals surface area contributed by atoms with Crippen molar-refractivity contribution in [3.8, 4) is 11.5 Å². The highest BCUT2D eigenvalue weighted by molar-refractivity contribution is 9.13. The molecular weight excluding hydrogens is 658 g/mol. The second kappa shape index (κ2) is 12.3. The van der Waals surface area contributed by atoms with Crippen molar-refractivity contribution in [3.63, 3.8) is 0 Å². The van der Waals surface area contributed by atoms with Crippen LogP contribution in [-0.2, 0) is 22.7 Å². The number of amides is 3. The second-order valence-corrected chi connectivity index (χ2v) is 9.79. The molecule has 2 heterocycles. The predicted molar refractivity (Wildman–Crippen MR) is 148 cm³/mol. The van der Waals surface area contributed by atoms with Crippen LogP contribution >= 0.6 is 31.9 Å². The molecule has 0 spiro atoms. The second-order valence-electron chi connectivity index (χ2n) is 8.20. The van der Waals surface area contributed by atoms with Gasteiger partial charge in [0.2, 0.25) is 5.76 Å². The van der Waals surface area contributed by atoms with Gasteiger partial charge in [0.05, 0.1) is 29.7 Å². The van der Waals surface area contributed by atoms with Crippen LogP contribution in [0.25, 0.3) is 6.08 Å². The molecule has 12 nitrogen and oxygen atoms in total. The van der Waals surface area contributed by atoms with Crippen molar-refractivity contribution in [1.82, 2.24) is 10.2 Å². The molecule has 0 saturated carbocycles. The van der Waals surface area contributed by atoms with E-state index in [-0.39, 0.29) is 36.1 Å². The predicted octanol–water partition coefficient (Wildman–Crippen LogP) is 5.57. The first-order chi connectivity index (χ1) is 19.1. The van der Waals surface area contributed by atoms with Crippen LogP contribution in [0.4, 0.5) is 10.5 Å². The third-order valence-electron chi connectivity index (χ3n) is 5.61. The Hall–Kier alpha value is -4.17. The van der Waals surface area contributed by atoms with Gasteiger partial charge in [-0.2, -0.15) is 0 Å². The number of hydrogen-bond acceptors (Lipinski definition) is 9. The van der Waals surface area contributed by atoms with Gasteiger partial charge in [-0.3, -0.25) is 19.8 Å². The van der Waals surface area contributed by atoms with Crippen molar-refractivity contribution in [2.45, 2.75) is 20.1 Å². The Kier molecular flexibility index (Phi) is 8.90. The minimum Gasteiger partial charge on any atom is -0.490 e. The molecule has 1 aromatic heterocycles. The smallest absolute Gasteiger partial charge is 0.373 e. The fraction of sp³-hybridized carbons (Fsp3) is 0.192. The summed E-state index contributed by atoms with van der Waals surface area (Å²) >= 11 is 7.01. The molecule has 3 aromatic rings. The lowest BCUT2D eigenvalue weighted by Gasteiger charge is -2.16. The first-order valence-corrected chi connectivity index (χ1v) is 13.2. The van der Waals surface area contributed by atoms with Crippen LogP contribution in [0, 0.1) is 10.1 Å². The maximum atomic E-state index is 13.0. The lowest BCUT2D eigenvalue weighted by molar-refractivity contribution is -0.384. The fourth-order valence-electron chi connectivity index (χ4n) is 3.68. The van der Waals surface area contributed by atoms with Crippen LogP contribution in [0.3, 0.4) is 0 Å². The van der Waals surface area contributed by atoms with E-state index >= 15 is 0 Å². The number of esters is 1. The van der Waals surface area contributed by atoms with Gasteiger partial charge in [0, 0.05) is 16.6 Å². The lowest BCUT2D eigenvalue weighted by atomic mass is 10.1. The minimum absolute atomic E-state index is 0.0133. The number of urea groups is 1. The Morgan fingerprint density at radius 2 is 1.85 bits per heavy atom. The van der Waals surface area contributed by atoms with E-state index in [1.54, 1.807) is 25.1 Å². The summed E-state index contributed by atoms with van der Waals surface area (Å²) in [5, 5.41) is 13.4. The third kappa shape index (κ3) is 6.18. The number of imide groups is 1. The zero-order chi connectivity index (χ0) is 29.0. The number of nitrogens with one attached hydrogen (secondary N) is 1. The van der Waals surface area contributed by atoms with E-state index < -0.39 is 22.8 Å². The molecular formula is C26H21Br2N3O9. The molecule has 0 aliphatic carbocycles. The van der Waals surface area contributed by atoms with Gasteiger partial charge in [-0.1, -0.05) is 0 Å². The lowest BCUT2D eigenvalue weighted by Crippen LogP contribution is -2.30. The van der Waals surface area contributed by atoms with Gasteiger partial charge in [-0.25, -0.2) is 9.59 Å². The molecule has 2 aromatic carbocycles. The molecule has 0 bridgehead atoms. The van der Waals surface area contributed by atoms with Crippen LogP contribution in [0.1, 0.15) is 34.4 Å². The number of hydrogen-bond donors (Lipinski definition) is 1. The van der Waals surface area contributed by atoms with Gasteiger partial charge in [0.25, 0.3) is 11.6 Å². The number of nitro benzene ring substituents is 1. The summed E-state index contributed by atoms with van der Waals surface area (Å²) in [6.07, 6.45) is 1.49. The minimum atomic E-state index is -0.676. The Balaban J connectivity index is 1.56. The van der Waals surface area contributed by atoms with Gasteiger partial charge < -0.3 is 23.9 Å². The molecule has 0 unspecified atom stereocenters. The number of furan rings is 1. The maximum absolute atomic E-state index is 13.0. The number of methoxy groups -OCH3 is 1. The van der Waals surface area contributed by atoms with Crippen LogP contribution in [0.15, 0.2) is 61.5 Å². The van der Waals surface area contributed by atoms with Crippen molar-refractivity contribution < 1.29 is 37.9 Å². The molecule has 0 radical (unpaired) electrons. The van der Waals surface area contributed by atoms with Gasteiger partial charge >= 0.3 is 12.0 Å². The van der Waals surface area contributed by atoms with E-state index in [4.69, 9.17) is 13.9 Å². The molecule has 40 heavy (non-hydrogen) atoms. The Labute approximate surface area is 244 Å². The third-order valence-corrected chi connectivity index (χ3v) is 7.75. The number of nitro groups is 1. The standard InChI is InChI=1S/C26H21Br2N3O9/c1-3-38-20-11-15(21(27)22(28)23(20)39-13-14-4-6-16(7-5-14)31(35)36)10-18-24(32)30(26(34)29-18)12-17-8-9-19(40-17)25(33)37-2/h4-11H,3,12-13H2,1-2H3,(H,29,34)/b18-10-. The number of halogens is 2. The summed E-state index contributed by atoms with van der Waals surface area (Å²) < 4.78 is 22.7. The molecule has 1 aliphatic heterocycles.